The van der Waals surface area contributed by atoms with Gasteiger partial charge in [0.05, 0.1) is 10.9 Å². The molecule has 2 aliphatic heterocycles. The molecule has 26 heavy (non-hydrogen) atoms. The summed E-state index contributed by atoms with van der Waals surface area (Å²) >= 11 is 0. The summed E-state index contributed by atoms with van der Waals surface area (Å²) in [4.78, 5) is 0.105. The number of rotatable bonds is 3. The number of benzene rings is 2. The Hall–Kier alpha value is -1.83. The molecule has 0 unspecified atom stereocenters. The summed E-state index contributed by atoms with van der Waals surface area (Å²) in [6.45, 7) is 3.40. The van der Waals surface area contributed by atoms with Crippen molar-refractivity contribution in [3.63, 3.8) is 0 Å². The minimum atomic E-state index is -3.82. The van der Waals surface area contributed by atoms with Gasteiger partial charge in [0.2, 0.25) is 10.0 Å². The third-order valence-corrected chi connectivity index (χ3v) is 7.44. The topological polar surface area (TPSA) is 49.4 Å². The molecular weight excluding hydrogens is 358 g/mol. The van der Waals surface area contributed by atoms with Crippen LogP contribution in [-0.4, -0.2) is 32.4 Å². The maximum Gasteiger partial charge on any atom is 0.243 e. The third kappa shape index (κ3) is 2.84. The normalized spacial score (nSPS) is 26.2. The average molecular weight is 378 g/mol. The lowest BCUT2D eigenvalue weighted by Gasteiger charge is -2.28. The minimum absolute atomic E-state index is 0.0901. The molecule has 138 valence electrons. The molecule has 0 radical (unpaired) electrons. The third-order valence-electron chi connectivity index (χ3n) is 5.44. The number of nitrogens with zero attached hydrogens (tertiary/aromatic N) is 1. The Morgan fingerprint density at radius 3 is 2.58 bits per heavy atom. The van der Waals surface area contributed by atoms with Gasteiger partial charge in [-0.3, -0.25) is 0 Å². The fraction of sp³-hybridized carbons (Fsp3) is 0.368. The number of nitrogens with one attached hydrogen (secondary N) is 1. The Morgan fingerprint density at radius 1 is 1.08 bits per heavy atom. The molecule has 0 aromatic heterocycles. The van der Waals surface area contributed by atoms with E-state index in [1.165, 1.54) is 28.6 Å². The van der Waals surface area contributed by atoms with Crippen molar-refractivity contribution < 1.29 is 17.2 Å². The van der Waals surface area contributed by atoms with Crippen molar-refractivity contribution in [2.75, 3.05) is 19.6 Å². The standard InChI is InChI=1S/C19H20F2N2O2S/c1-12-7-16(21)5-6-18(12)26(24,25)23-11-14-9-22-10-17(14)19(23)13-3-2-4-15(20)8-13/h2-8,14,17,19,22H,9-11H2,1H3/t14-,17-,19+/m0/s1. The second-order valence-corrected chi connectivity index (χ2v) is 8.93. The van der Waals surface area contributed by atoms with Gasteiger partial charge in [0.1, 0.15) is 11.6 Å². The van der Waals surface area contributed by atoms with Gasteiger partial charge in [0, 0.05) is 13.1 Å². The summed E-state index contributed by atoms with van der Waals surface area (Å²) in [5.74, 6) is -0.580. The summed E-state index contributed by atoms with van der Waals surface area (Å²) in [6, 6.07) is 9.41. The number of sulfonamides is 1. The number of aryl methyl sites for hydroxylation is 1. The Bertz CT molecular complexity index is 948. The zero-order chi connectivity index (χ0) is 18.5. The SMILES string of the molecule is Cc1cc(F)ccc1S(=O)(=O)N1C[C@@H]2CNC[C@@H]2[C@H]1c1cccc(F)c1. The fourth-order valence-corrected chi connectivity index (χ4v) is 6.18. The predicted molar refractivity (Wildman–Crippen MR) is 94.0 cm³/mol. The zero-order valence-corrected chi connectivity index (χ0v) is 15.1. The van der Waals surface area contributed by atoms with Crippen LogP contribution in [0.1, 0.15) is 17.2 Å². The number of halogens is 2. The number of hydrogen-bond donors (Lipinski definition) is 1. The second kappa shape index (κ2) is 6.40. The first kappa shape index (κ1) is 17.6. The summed E-state index contributed by atoms with van der Waals surface area (Å²) in [7, 11) is -3.82. The largest absolute Gasteiger partial charge is 0.316 e. The van der Waals surface area contributed by atoms with Crippen molar-refractivity contribution >= 4 is 10.0 Å². The van der Waals surface area contributed by atoms with Crippen molar-refractivity contribution in [3.05, 3.63) is 65.2 Å². The Kier molecular flexibility index (Phi) is 4.33. The average Bonchev–Trinajstić information content (AvgIpc) is 3.15. The maximum absolute atomic E-state index is 13.8. The van der Waals surface area contributed by atoms with Gasteiger partial charge in [0.25, 0.3) is 0 Å². The molecule has 2 saturated heterocycles. The van der Waals surface area contributed by atoms with Crippen LogP contribution in [0.25, 0.3) is 0 Å². The Morgan fingerprint density at radius 2 is 1.85 bits per heavy atom. The van der Waals surface area contributed by atoms with Crippen LogP contribution in [0.15, 0.2) is 47.4 Å². The molecule has 7 heteroatoms. The van der Waals surface area contributed by atoms with Crippen LogP contribution < -0.4 is 5.32 Å². The van der Waals surface area contributed by atoms with Crippen molar-refractivity contribution in [3.8, 4) is 0 Å². The van der Waals surface area contributed by atoms with Crippen molar-refractivity contribution in [1.82, 2.24) is 9.62 Å². The lowest BCUT2D eigenvalue weighted by atomic mass is 9.90. The van der Waals surface area contributed by atoms with E-state index in [0.717, 1.165) is 12.6 Å². The first-order valence-corrected chi connectivity index (χ1v) is 10.1. The fourth-order valence-electron chi connectivity index (χ4n) is 4.26. The minimum Gasteiger partial charge on any atom is -0.316 e. The highest BCUT2D eigenvalue weighted by molar-refractivity contribution is 7.89. The van der Waals surface area contributed by atoms with Crippen molar-refractivity contribution in [2.45, 2.75) is 17.9 Å². The first-order chi connectivity index (χ1) is 12.4. The molecule has 0 aliphatic carbocycles. The van der Waals surface area contributed by atoms with Gasteiger partial charge in [-0.2, -0.15) is 4.31 Å². The molecular formula is C19H20F2N2O2S. The van der Waals surface area contributed by atoms with E-state index >= 15 is 0 Å². The molecule has 2 aromatic carbocycles. The lowest BCUT2D eigenvalue weighted by molar-refractivity contribution is 0.344. The highest BCUT2D eigenvalue weighted by Crippen LogP contribution is 2.45. The Labute approximate surface area is 151 Å². The van der Waals surface area contributed by atoms with E-state index in [4.69, 9.17) is 0 Å². The van der Waals surface area contributed by atoms with Gasteiger partial charge in [-0.25, -0.2) is 17.2 Å². The van der Waals surface area contributed by atoms with Crippen LogP contribution in [-0.2, 0) is 10.0 Å². The van der Waals surface area contributed by atoms with Crippen molar-refractivity contribution in [2.24, 2.45) is 11.8 Å². The smallest absolute Gasteiger partial charge is 0.243 e. The van der Waals surface area contributed by atoms with Crippen LogP contribution >= 0.6 is 0 Å². The molecule has 2 heterocycles. The summed E-state index contributed by atoms with van der Waals surface area (Å²) in [6.07, 6.45) is 0. The Balaban J connectivity index is 1.80. The van der Waals surface area contributed by atoms with Gasteiger partial charge >= 0.3 is 0 Å². The van der Waals surface area contributed by atoms with E-state index < -0.39 is 21.9 Å². The lowest BCUT2D eigenvalue weighted by Crippen LogP contribution is -2.35. The van der Waals surface area contributed by atoms with Crippen LogP contribution in [0.2, 0.25) is 0 Å². The van der Waals surface area contributed by atoms with Crippen LogP contribution in [0.5, 0.6) is 0 Å². The van der Waals surface area contributed by atoms with Crippen LogP contribution in [0.4, 0.5) is 8.78 Å². The number of fused-ring (bicyclic) bond motifs is 1. The van der Waals surface area contributed by atoms with Gasteiger partial charge < -0.3 is 5.32 Å². The number of hydrogen-bond acceptors (Lipinski definition) is 3. The summed E-state index contributed by atoms with van der Waals surface area (Å²) in [5.41, 5.74) is 1.03. The van der Waals surface area contributed by atoms with E-state index in [1.54, 1.807) is 19.1 Å². The van der Waals surface area contributed by atoms with Gasteiger partial charge in [-0.05, 0) is 66.8 Å². The molecule has 1 N–H and O–H groups in total. The summed E-state index contributed by atoms with van der Waals surface area (Å²) < 4.78 is 55.4. The van der Waals surface area contributed by atoms with Crippen LogP contribution in [0.3, 0.4) is 0 Å². The van der Waals surface area contributed by atoms with Gasteiger partial charge in [0.15, 0.2) is 0 Å². The molecule has 3 atom stereocenters. The molecule has 4 rings (SSSR count). The zero-order valence-electron chi connectivity index (χ0n) is 14.3. The van der Waals surface area contributed by atoms with E-state index in [2.05, 4.69) is 5.32 Å². The van der Waals surface area contributed by atoms with E-state index in [0.29, 0.717) is 24.2 Å². The van der Waals surface area contributed by atoms with Gasteiger partial charge in [-0.15, -0.1) is 0 Å². The van der Waals surface area contributed by atoms with Gasteiger partial charge in [-0.1, -0.05) is 12.1 Å². The molecule has 2 fully saturated rings. The molecule has 0 spiro atoms. The first-order valence-electron chi connectivity index (χ1n) is 8.62. The highest BCUT2D eigenvalue weighted by Gasteiger charge is 2.49. The molecule has 4 nitrogen and oxygen atoms in total. The monoisotopic (exact) mass is 378 g/mol. The maximum atomic E-state index is 13.8. The van der Waals surface area contributed by atoms with E-state index in [-0.39, 0.29) is 22.5 Å². The molecule has 2 aromatic rings. The molecule has 0 saturated carbocycles. The highest BCUT2D eigenvalue weighted by atomic mass is 32.2. The quantitative estimate of drug-likeness (QED) is 0.894. The molecule has 0 bridgehead atoms. The van der Waals surface area contributed by atoms with Crippen LogP contribution in [0, 0.1) is 30.4 Å². The van der Waals surface area contributed by atoms with Crippen molar-refractivity contribution in [1.29, 1.82) is 0 Å². The molecule has 2 aliphatic rings. The van der Waals surface area contributed by atoms with E-state index in [9.17, 15) is 17.2 Å². The summed E-state index contributed by atoms with van der Waals surface area (Å²) in [5, 5.41) is 3.30. The predicted octanol–water partition coefficient (Wildman–Crippen LogP) is 2.85. The van der Waals surface area contributed by atoms with E-state index in [1.807, 2.05) is 0 Å². The second-order valence-electron chi connectivity index (χ2n) is 7.07. The molecule has 0 amide bonds.